The first-order valence-electron chi connectivity index (χ1n) is 5.38. The van der Waals surface area contributed by atoms with Gasteiger partial charge in [0.15, 0.2) is 0 Å². The lowest BCUT2D eigenvalue weighted by molar-refractivity contribution is 0.162. The lowest BCUT2D eigenvalue weighted by Gasteiger charge is -2.11. The maximum absolute atomic E-state index is 9.83. The molecule has 0 aliphatic heterocycles. The molecule has 0 bridgehead atoms. The normalized spacial score (nSPS) is 12.4. The SMILES string of the molecule is Cc1ccc(NCC(O)c2ccco2)cc1Br. The monoisotopic (exact) mass is 295 g/mol. The molecule has 17 heavy (non-hydrogen) atoms. The van der Waals surface area contributed by atoms with Crippen molar-refractivity contribution in [3.05, 3.63) is 52.4 Å². The summed E-state index contributed by atoms with van der Waals surface area (Å²) in [6, 6.07) is 9.52. The van der Waals surface area contributed by atoms with E-state index < -0.39 is 6.10 Å². The predicted octanol–water partition coefficient (Wildman–Crippen LogP) is 3.50. The Kier molecular flexibility index (Phi) is 3.86. The smallest absolute Gasteiger partial charge is 0.134 e. The summed E-state index contributed by atoms with van der Waals surface area (Å²) in [5.41, 5.74) is 2.15. The molecule has 3 nitrogen and oxygen atoms in total. The van der Waals surface area contributed by atoms with Crippen LogP contribution in [0.2, 0.25) is 0 Å². The number of benzene rings is 1. The minimum Gasteiger partial charge on any atom is -0.467 e. The van der Waals surface area contributed by atoms with E-state index in [0.29, 0.717) is 12.3 Å². The third-order valence-corrected chi connectivity index (χ3v) is 3.40. The Labute approximate surface area is 109 Å². The lowest BCUT2D eigenvalue weighted by atomic mass is 10.2. The second kappa shape index (κ2) is 5.38. The Morgan fingerprint density at radius 2 is 2.24 bits per heavy atom. The summed E-state index contributed by atoms with van der Waals surface area (Å²) in [5, 5.41) is 13.0. The molecule has 0 spiro atoms. The van der Waals surface area contributed by atoms with E-state index in [4.69, 9.17) is 4.42 Å². The van der Waals surface area contributed by atoms with Crippen molar-refractivity contribution in [1.29, 1.82) is 0 Å². The Morgan fingerprint density at radius 1 is 1.41 bits per heavy atom. The van der Waals surface area contributed by atoms with Crippen LogP contribution in [-0.4, -0.2) is 11.7 Å². The molecule has 1 aromatic heterocycles. The van der Waals surface area contributed by atoms with Gasteiger partial charge in [0.25, 0.3) is 0 Å². The highest BCUT2D eigenvalue weighted by Crippen LogP contribution is 2.21. The molecular formula is C13H14BrNO2. The zero-order valence-electron chi connectivity index (χ0n) is 9.48. The van der Waals surface area contributed by atoms with Crippen molar-refractivity contribution in [2.75, 3.05) is 11.9 Å². The molecule has 0 saturated carbocycles. The van der Waals surface area contributed by atoms with E-state index in [1.54, 1.807) is 18.4 Å². The van der Waals surface area contributed by atoms with Crippen LogP contribution in [-0.2, 0) is 0 Å². The van der Waals surface area contributed by atoms with Crippen LogP contribution in [0, 0.1) is 6.92 Å². The molecular weight excluding hydrogens is 282 g/mol. The third kappa shape index (κ3) is 3.11. The highest BCUT2D eigenvalue weighted by atomic mass is 79.9. The topological polar surface area (TPSA) is 45.4 Å². The molecule has 0 aliphatic carbocycles. The van der Waals surface area contributed by atoms with E-state index in [-0.39, 0.29) is 0 Å². The van der Waals surface area contributed by atoms with Gasteiger partial charge in [-0.2, -0.15) is 0 Å². The van der Waals surface area contributed by atoms with Crippen molar-refractivity contribution < 1.29 is 9.52 Å². The van der Waals surface area contributed by atoms with Crippen molar-refractivity contribution in [3.8, 4) is 0 Å². The quantitative estimate of drug-likeness (QED) is 0.907. The van der Waals surface area contributed by atoms with Gasteiger partial charge in [-0.05, 0) is 36.8 Å². The first-order valence-corrected chi connectivity index (χ1v) is 6.17. The summed E-state index contributed by atoms with van der Waals surface area (Å²) < 4.78 is 6.18. The molecule has 0 fully saturated rings. The number of anilines is 1. The van der Waals surface area contributed by atoms with Crippen LogP contribution in [0.5, 0.6) is 0 Å². The number of aryl methyl sites for hydroxylation is 1. The number of rotatable bonds is 4. The average molecular weight is 296 g/mol. The number of aliphatic hydroxyl groups is 1. The molecule has 1 heterocycles. The van der Waals surface area contributed by atoms with E-state index in [9.17, 15) is 5.11 Å². The molecule has 0 saturated heterocycles. The van der Waals surface area contributed by atoms with E-state index in [0.717, 1.165) is 10.2 Å². The summed E-state index contributed by atoms with van der Waals surface area (Å²) in [7, 11) is 0. The van der Waals surface area contributed by atoms with Crippen LogP contribution in [0.15, 0.2) is 45.5 Å². The molecule has 4 heteroatoms. The van der Waals surface area contributed by atoms with E-state index in [2.05, 4.69) is 21.2 Å². The maximum atomic E-state index is 9.83. The fourth-order valence-electron chi connectivity index (χ4n) is 1.50. The first-order chi connectivity index (χ1) is 8.16. The predicted molar refractivity (Wildman–Crippen MR) is 71.0 cm³/mol. The molecule has 90 valence electrons. The minimum atomic E-state index is -0.634. The fraction of sp³-hybridized carbons (Fsp3) is 0.231. The summed E-state index contributed by atoms with van der Waals surface area (Å²) >= 11 is 3.47. The van der Waals surface area contributed by atoms with Crippen LogP contribution in [0.25, 0.3) is 0 Å². The van der Waals surface area contributed by atoms with E-state index >= 15 is 0 Å². The molecule has 2 aromatic rings. The van der Waals surface area contributed by atoms with E-state index in [1.807, 2.05) is 25.1 Å². The largest absolute Gasteiger partial charge is 0.467 e. The maximum Gasteiger partial charge on any atom is 0.134 e. The summed E-state index contributed by atoms with van der Waals surface area (Å²) in [4.78, 5) is 0. The Bertz CT molecular complexity index is 482. The van der Waals surface area contributed by atoms with E-state index in [1.165, 1.54) is 5.56 Å². The molecule has 0 aliphatic rings. The van der Waals surface area contributed by atoms with Gasteiger partial charge in [-0.1, -0.05) is 22.0 Å². The third-order valence-electron chi connectivity index (χ3n) is 2.54. The van der Waals surface area contributed by atoms with Crippen molar-refractivity contribution in [3.63, 3.8) is 0 Å². The first kappa shape index (κ1) is 12.2. The van der Waals surface area contributed by atoms with Gasteiger partial charge in [-0.25, -0.2) is 0 Å². The Hall–Kier alpha value is -1.26. The van der Waals surface area contributed by atoms with Gasteiger partial charge in [0.2, 0.25) is 0 Å². The van der Waals surface area contributed by atoms with Crippen LogP contribution in [0.1, 0.15) is 17.4 Å². The van der Waals surface area contributed by atoms with Gasteiger partial charge in [0.05, 0.1) is 6.26 Å². The Morgan fingerprint density at radius 3 is 2.88 bits per heavy atom. The molecule has 0 radical (unpaired) electrons. The summed E-state index contributed by atoms with van der Waals surface area (Å²) in [5.74, 6) is 0.573. The van der Waals surface area contributed by atoms with Crippen LogP contribution >= 0.6 is 15.9 Å². The number of halogens is 1. The minimum absolute atomic E-state index is 0.420. The summed E-state index contributed by atoms with van der Waals surface area (Å²) in [6.07, 6.45) is 0.922. The molecule has 0 amide bonds. The van der Waals surface area contributed by atoms with Crippen molar-refractivity contribution in [1.82, 2.24) is 0 Å². The standard InChI is InChI=1S/C13H14BrNO2/c1-9-4-5-10(7-11(9)14)15-8-12(16)13-3-2-6-17-13/h2-7,12,15-16H,8H2,1H3. The molecule has 1 aromatic carbocycles. The highest BCUT2D eigenvalue weighted by Gasteiger charge is 2.09. The second-order valence-corrected chi connectivity index (χ2v) is 4.73. The van der Waals surface area contributed by atoms with Crippen LogP contribution in [0.4, 0.5) is 5.69 Å². The number of nitrogens with one attached hydrogen (secondary N) is 1. The molecule has 1 unspecified atom stereocenters. The summed E-state index contributed by atoms with van der Waals surface area (Å²) in [6.45, 7) is 2.45. The highest BCUT2D eigenvalue weighted by molar-refractivity contribution is 9.10. The van der Waals surface area contributed by atoms with Crippen LogP contribution in [0.3, 0.4) is 0 Å². The Balaban J connectivity index is 1.96. The molecule has 2 N–H and O–H groups in total. The van der Waals surface area contributed by atoms with Gasteiger partial charge >= 0.3 is 0 Å². The van der Waals surface area contributed by atoms with Gasteiger partial charge < -0.3 is 14.8 Å². The number of furan rings is 1. The van der Waals surface area contributed by atoms with Crippen molar-refractivity contribution >= 4 is 21.6 Å². The zero-order valence-corrected chi connectivity index (χ0v) is 11.1. The van der Waals surface area contributed by atoms with Crippen molar-refractivity contribution in [2.45, 2.75) is 13.0 Å². The number of aliphatic hydroxyl groups excluding tert-OH is 1. The second-order valence-electron chi connectivity index (χ2n) is 3.88. The van der Waals surface area contributed by atoms with Crippen LogP contribution < -0.4 is 5.32 Å². The molecule has 2 rings (SSSR count). The van der Waals surface area contributed by atoms with Gasteiger partial charge in [0.1, 0.15) is 11.9 Å². The average Bonchev–Trinajstić information content (AvgIpc) is 2.84. The number of hydrogen-bond acceptors (Lipinski definition) is 3. The van der Waals surface area contributed by atoms with Crippen molar-refractivity contribution in [2.24, 2.45) is 0 Å². The zero-order chi connectivity index (χ0) is 12.3. The lowest BCUT2D eigenvalue weighted by Crippen LogP contribution is -2.11. The number of hydrogen-bond donors (Lipinski definition) is 2. The fourth-order valence-corrected chi connectivity index (χ4v) is 1.88. The van der Waals surface area contributed by atoms with Gasteiger partial charge in [0, 0.05) is 16.7 Å². The van der Waals surface area contributed by atoms with Gasteiger partial charge in [-0.3, -0.25) is 0 Å². The molecule has 1 atom stereocenters. The van der Waals surface area contributed by atoms with Gasteiger partial charge in [-0.15, -0.1) is 0 Å².